The summed E-state index contributed by atoms with van der Waals surface area (Å²) in [6, 6.07) is 5.58. The van der Waals surface area contributed by atoms with E-state index in [0.29, 0.717) is 18.7 Å². The number of carbonyl (C=O) groups excluding carboxylic acids is 1. The maximum Gasteiger partial charge on any atom is 0.251 e. The maximum atomic E-state index is 12.1. The van der Waals surface area contributed by atoms with E-state index in [4.69, 9.17) is 5.73 Å². The van der Waals surface area contributed by atoms with E-state index in [9.17, 15) is 4.79 Å². The third kappa shape index (κ3) is 4.98. The Morgan fingerprint density at radius 3 is 2.95 bits per heavy atom. The van der Waals surface area contributed by atoms with Crippen molar-refractivity contribution in [1.82, 2.24) is 5.32 Å². The SMILES string of the molecule is CSCCCNC(=O)c1cccc(C#CCN)c1C. The van der Waals surface area contributed by atoms with Gasteiger partial charge in [-0.25, -0.2) is 0 Å². The Balaban J connectivity index is 2.74. The van der Waals surface area contributed by atoms with Crippen molar-refractivity contribution >= 4 is 17.7 Å². The van der Waals surface area contributed by atoms with E-state index in [0.717, 1.165) is 23.3 Å². The van der Waals surface area contributed by atoms with Crippen LogP contribution in [0.15, 0.2) is 18.2 Å². The van der Waals surface area contributed by atoms with Crippen molar-refractivity contribution in [2.75, 3.05) is 25.1 Å². The minimum absolute atomic E-state index is 0.0324. The highest BCUT2D eigenvalue weighted by Crippen LogP contribution is 2.12. The second kappa shape index (κ2) is 8.63. The molecule has 1 aromatic rings. The van der Waals surface area contributed by atoms with Crippen molar-refractivity contribution in [3.05, 3.63) is 34.9 Å². The molecule has 0 spiro atoms. The number of hydrogen-bond acceptors (Lipinski definition) is 3. The van der Waals surface area contributed by atoms with Crippen LogP contribution in [-0.2, 0) is 0 Å². The fraction of sp³-hybridized carbons (Fsp3) is 0.400. The normalized spacial score (nSPS) is 9.63. The molecular weight excluding hydrogens is 256 g/mol. The summed E-state index contributed by atoms with van der Waals surface area (Å²) >= 11 is 1.78. The lowest BCUT2D eigenvalue weighted by Crippen LogP contribution is -2.25. The van der Waals surface area contributed by atoms with Crippen LogP contribution in [0.5, 0.6) is 0 Å². The molecule has 0 radical (unpaired) electrons. The van der Waals surface area contributed by atoms with Gasteiger partial charge in [-0.2, -0.15) is 11.8 Å². The molecule has 1 amide bonds. The summed E-state index contributed by atoms with van der Waals surface area (Å²) in [5.74, 6) is 6.83. The number of carbonyl (C=O) groups is 1. The first kappa shape index (κ1) is 15.6. The highest BCUT2D eigenvalue weighted by atomic mass is 32.2. The van der Waals surface area contributed by atoms with Gasteiger partial charge in [-0.05, 0) is 43.0 Å². The number of nitrogens with one attached hydrogen (secondary N) is 1. The van der Waals surface area contributed by atoms with Gasteiger partial charge in [-0.15, -0.1) is 0 Å². The van der Waals surface area contributed by atoms with E-state index in [1.54, 1.807) is 11.8 Å². The summed E-state index contributed by atoms with van der Waals surface area (Å²) in [7, 11) is 0. The zero-order valence-corrected chi connectivity index (χ0v) is 12.3. The van der Waals surface area contributed by atoms with Gasteiger partial charge in [0.15, 0.2) is 0 Å². The third-order valence-electron chi connectivity index (χ3n) is 2.71. The van der Waals surface area contributed by atoms with Crippen LogP contribution in [0.3, 0.4) is 0 Å². The molecule has 0 aliphatic heterocycles. The third-order valence-corrected chi connectivity index (χ3v) is 3.41. The second-order valence-corrected chi connectivity index (χ2v) is 5.07. The Bertz CT molecular complexity index is 489. The zero-order chi connectivity index (χ0) is 14.1. The summed E-state index contributed by atoms with van der Waals surface area (Å²) in [4.78, 5) is 12.1. The van der Waals surface area contributed by atoms with Crippen LogP contribution in [0, 0.1) is 18.8 Å². The van der Waals surface area contributed by atoms with Crippen molar-refractivity contribution in [3.63, 3.8) is 0 Å². The van der Waals surface area contributed by atoms with E-state index < -0.39 is 0 Å². The molecule has 0 fully saturated rings. The predicted octanol–water partition coefficient (Wildman–Crippen LogP) is 1.79. The van der Waals surface area contributed by atoms with E-state index >= 15 is 0 Å². The van der Waals surface area contributed by atoms with Crippen molar-refractivity contribution in [2.45, 2.75) is 13.3 Å². The highest BCUT2D eigenvalue weighted by Gasteiger charge is 2.09. The number of rotatable bonds is 5. The predicted molar refractivity (Wildman–Crippen MR) is 82.4 cm³/mol. The van der Waals surface area contributed by atoms with E-state index in [2.05, 4.69) is 23.4 Å². The molecule has 0 aromatic heterocycles. The zero-order valence-electron chi connectivity index (χ0n) is 11.5. The van der Waals surface area contributed by atoms with E-state index in [-0.39, 0.29) is 5.91 Å². The van der Waals surface area contributed by atoms with Gasteiger partial charge in [-0.1, -0.05) is 17.9 Å². The molecule has 0 saturated carbocycles. The Morgan fingerprint density at radius 2 is 2.26 bits per heavy atom. The number of benzene rings is 1. The van der Waals surface area contributed by atoms with Gasteiger partial charge < -0.3 is 11.1 Å². The first-order valence-electron chi connectivity index (χ1n) is 6.26. The molecular formula is C15H20N2OS. The first-order valence-corrected chi connectivity index (χ1v) is 7.65. The molecule has 1 aromatic carbocycles. The molecule has 0 aliphatic carbocycles. The summed E-state index contributed by atoms with van der Waals surface area (Å²) < 4.78 is 0. The minimum atomic E-state index is -0.0324. The van der Waals surface area contributed by atoms with Gasteiger partial charge in [0.2, 0.25) is 0 Å². The Hall–Kier alpha value is -1.44. The average molecular weight is 276 g/mol. The molecule has 4 heteroatoms. The van der Waals surface area contributed by atoms with Crippen molar-refractivity contribution in [2.24, 2.45) is 5.73 Å². The number of thioether (sulfide) groups is 1. The van der Waals surface area contributed by atoms with E-state index in [1.165, 1.54) is 0 Å². The number of nitrogens with two attached hydrogens (primary N) is 1. The number of amides is 1. The minimum Gasteiger partial charge on any atom is -0.352 e. The topological polar surface area (TPSA) is 55.1 Å². The molecule has 0 aliphatic rings. The average Bonchev–Trinajstić information content (AvgIpc) is 2.42. The molecule has 0 bridgehead atoms. The van der Waals surface area contributed by atoms with E-state index in [1.807, 2.05) is 25.1 Å². The Morgan fingerprint density at radius 1 is 1.47 bits per heavy atom. The standard InChI is InChI=1S/C15H20N2OS/c1-12-13(7-4-9-16)6-3-8-14(12)15(18)17-10-5-11-19-2/h3,6,8H,5,9-11,16H2,1-2H3,(H,17,18). The van der Waals surface area contributed by atoms with Gasteiger partial charge in [0.1, 0.15) is 0 Å². The molecule has 0 heterocycles. The number of hydrogen-bond donors (Lipinski definition) is 2. The smallest absolute Gasteiger partial charge is 0.251 e. The lowest BCUT2D eigenvalue weighted by Gasteiger charge is -2.08. The largest absolute Gasteiger partial charge is 0.352 e. The van der Waals surface area contributed by atoms with Crippen molar-refractivity contribution in [1.29, 1.82) is 0 Å². The monoisotopic (exact) mass is 276 g/mol. The van der Waals surface area contributed by atoms with Crippen LogP contribution in [0.1, 0.15) is 27.9 Å². The van der Waals surface area contributed by atoms with Gasteiger partial charge in [-0.3, -0.25) is 4.79 Å². The van der Waals surface area contributed by atoms with Crippen LogP contribution >= 0.6 is 11.8 Å². The Labute approximate surface area is 119 Å². The van der Waals surface area contributed by atoms with Crippen LogP contribution in [0.25, 0.3) is 0 Å². The molecule has 3 nitrogen and oxygen atoms in total. The quantitative estimate of drug-likeness (QED) is 0.637. The molecule has 0 atom stereocenters. The van der Waals surface area contributed by atoms with Gasteiger partial charge in [0.05, 0.1) is 6.54 Å². The molecule has 3 N–H and O–H groups in total. The molecule has 0 saturated heterocycles. The molecule has 1 rings (SSSR count). The lowest BCUT2D eigenvalue weighted by molar-refractivity contribution is 0.0953. The molecule has 102 valence electrons. The first-order chi connectivity index (χ1) is 9.20. The summed E-state index contributed by atoms with van der Waals surface area (Å²) in [6.45, 7) is 2.94. The van der Waals surface area contributed by atoms with Gasteiger partial charge in [0, 0.05) is 17.7 Å². The summed E-state index contributed by atoms with van der Waals surface area (Å²) in [6.07, 6.45) is 3.05. The fourth-order valence-electron chi connectivity index (χ4n) is 1.68. The van der Waals surface area contributed by atoms with Crippen LogP contribution < -0.4 is 11.1 Å². The maximum absolute atomic E-state index is 12.1. The lowest BCUT2D eigenvalue weighted by atomic mass is 10.0. The fourth-order valence-corrected chi connectivity index (χ4v) is 2.11. The van der Waals surface area contributed by atoms with Gasteiger partial charge in [0.25, 0.3) is 5.91 Å². The second-order valence-electron chi connectivity index (χ2n) is 4.09. The van der Waals surface area contributed by atoms with Crippen LogP contribution in [0.2, 0.25) is 0 Å². The summed E-state index contributed by atoms with van der Waals surface area (Å²) in [5.41, 5.74) is 7.82. The molecule has 0 unspecified atom stereocenters. The molecule has 19 heavy (non-hydrogen) atoms. The summed E-state index contributed by atoms with van der Waals surface area (Å²) in [5, 5.41) is 2.93. The van der Waals surface area contributed by atoms with Crippen molar-refractivity contribution < 1.29 is 4.79 Å². The van der Waals surface area contributed by atoms with Gasteiger partial charge >= 0.3 is 0 Å². The van der Waals surface area contributed by atoms with Crippen LogP contribution in [-0.4, -0.2) is 31.0 Å². The van der Waals surface area contributed by atoms with Crippen LogP contribution in [0.4, 0.5) is 0 Å². The highest BCUT2D eigenvalue weighted by molar-refractivity contribution is 7.98. The van der Waals surface area contributed by atoms with Crippen molar-refractivity contribution in [3.8, 4) is 11.8 Å². The Kier molecular flexibility index (Phi) is 7.09.